The van der Waals surface area contributed by atoms with E-state index in [1.165, 1.54) is 7.11 Å². The zero-order valence-corrected chi connectivity index (χ0v) is 23.7. The van der Waals surface area contributed by atoms with E-state index in [9.17, 15) is 14.4 Å². The minimum absolute atomic E-state index is 0.00807. The number of hydrogen-bond acceptors (Lipinski definition) is 5. The van der Waals surface area contributed by atoms with Crippen molar-refractivity contribution in [1.29, 1.82) is 0 Å². The maximum absolute atomic E-state index is 13.0. The summed E-state index contributed by atoms with van der Waals surface area (Å²) >= 11 is 0. The van der Waals surface area contributed by atoms with Gasteiger partial charge in [-0.15, -0.1) is 0 Å². The zero-order chi connectivity index (χ0) is 28.9. The fourth-order valence-corrected chi connectivity index (χ4v) is 4.72. The second-order valence-electron chi connectivity index (χ2n) is 11.0. The van der Waals surface area contributed by atoms with Crippen LogP contribution in [0.25, 0.3) is 0 Å². The average molecular weight is 544 g/mol. The number of carbonyl (C=O) groups excluding carboxylic acids is 3. The van der Waals surface area contributed by atoms with Crippen molar-refractivity contribution in [3.8, 4) is 5.75 Å². The molecule has 8 nitrogen and oxygen atoms in total. The van der Waals surface area contributed by atoms with Gasteiger partial charge in [-0.1, -0.05) is 43.3 Å². The van der Waals surface area contributed by atoms with E-state index in [1.807, 2.05) is 76.2 Å². The standard InChI is InChI=1S/C32H37N3O5/c1-21(18-30(37)40-32(2,3)4)23-11-13-25(14-12-23)33-29(36)20-22-10-15-26(28(19-22)39-5)34-31(38)35-17-16-24-8-6-7-9-27(24)35/h6-15,19,21H,16-18,20H2,1-5H3,(H,33,36)(H,34,38). The molecule has 1 heterocycles. The van der Waals surface area contributed by atoms with Crippen molar-refractivity contribution in [2.75, 3.05) is 29.2 Å². The topological polar surface area (TPSA) is 97.0 Å². The van der Waals surface area contributed by atoms with Crippen LogP contribution in [0.3, 0.4) is 0 Å². The van der Waals surface area contributed by atoms with Crippen molar-refractivity contribution in [1.82, 2.24) is 0 Å². The SMILES string of the molecule is COc1cc(CC(=O)Nc2ccc(C(C)CC(=O)OC(C)(C)C)cc2)ccc1NC(=O)N1CCc2ccccc21. The van der Waals surface area contributed by atoms with Crippen LogP contribution in [0.15, 0.2) is 66.7 Å². The molecule has 1 aliphatic heterocycles. The first-order valence-electron chi connectivity index (χ1n) is 13.5. The van der Waals surface area contributed by atoms with Gasteiger partial charge in [-0.2, -0.15) is 0 Å². The van der Waals surface area contributed by atoms with E-state index in [4.69, 9.17) is 9.47 Å². The molecular formula is C32H37N3O5. The van der Waals surface area contributed by atoms with Crippen LogP contribution in [0.2, 0.25) is 0 Å². The number of anilines is 3. The van der Waals surface area contributed by atoms with Crippen molar-refractivity contribution in [3.05, 3.63) is 83.4 Å². The predicted molar refractivity (Wildman–Crippen MR) is 157 cm³/mol. The van der Waals surface area contributed by atoms with Gasteiger partial charge in [-0.3, -0.25) is 14.5 Å². The Balaban J connectivity index is 1.32. The molecule has 0 bridgehead atoms. The van der Waals surface area contributed by atoms with Crippen LogP contribution in [0.5, 0.6) is 5.75 Å². The smallest absolute Gasteiger partial charge is 0.326 e. The largest absolute Gasteiger partial charge is 0.495 e. The van der Waals surface area contributed by atoms with Crippen molar-refractivity contribution in [3.63, 3.8) is 0 Å². The lowest BCUT2D eigenvalue weighted by Crippen LogP contribution is -2.33. The lowest BCUT2D eigenvalue weighted by atomic mass is 9.97. The summed E-state index contributed by atoms with van der Waals surface area (Å²) in [5.41, 5.74) is 4.50. The minimum atomic E-state index is -0.510. The molecular weight excluding hydrogens is 506 g/mol. The van der Waals surface area contributed by atoms with Gasteiger partial charge in [-0.25, -0.2) is 4.79 Å². The molecule has 0 fully saturated rings. The Labute approximate surface area is 235 Å². The number of nitrogens with zero attached hydrogens (tertiary/aromatic N) is 1. The summed E-state index contributed by atoms with van der Waals surface area (Å²) in [6, 6.07) is 20.4. The number of benzene rings is 3. The molecule has 1 unspecified atom stereocenters. The third-order valence-corrected chi connectivity index (χ3v) is 6.66. The second kappa shape index (κ2) is 12.2. The van der Waals surface area contributed by atoms with Gasteiger partial charge in [0.05, 0.1) is 25.6 Å². The van der Waals surface area contributed by atoms with Gasteiger partial charge in [0.25, 0.3) is 0 Å². The molecule has 0 saturated heterocycles. The van der Waals surface area contributed by atoms with Crippen LogP contribution in [0, 0.1) is 0 Å². The van der Waals surface area contributed by atoms with Crippen molar-refractivity contribution >= 4 is 35.0 Å². The second-order valence-corrected chi connectivity index (χ2v) is 11.0. The number of para-hydroxylation sites is 1. The Bertz CT molecular complexity index is 1380. The highest BCUT2D eigenvalue weighted by atomic mass is 16.6. The third kappa shape index (κ3) is 7.40. The van der Waals surface area contributed by atoms with Gasteiger partial charge in [0.2, 0.25) is 5.91 Å². The average Bonchev–Trinajstić information content (AvgIpc) is 3.33. The molecule has 0 spiro atoms. The Morgan fingerprint density at radius 2 is 1.70 bits per heavy atom. The zero-order valence-electron chi connectivity index (χ0n) is 23.7. The van der Waals surface area contributed by atoms with Crippen LogP contribution in [-0.4, -0.2) is 37.2 Å². The molecule has 4 rings (SSSR count). The Kier molecular flexibility index (Phi) is 8.77. The number of esters is 1. The number of methoxy groups -OCH3 is 1. The maximum Gasteiger partial charge on any atom is 0.326 e. The van der Waals surface area contributed by atoms with Crippen molar-refractivity contribution < 1.29 is 23.9 Å². The summed E-state index contributed by atoms with van der Waals surface area (Å²) in [4.78, 5) is 39.6. The highest BCUT2D eigenvalue weighted by Crippen LogP contribution is 2.31. The number of amides is 3. The highest BCUT2D eigenvalue weighted by Gasteiger charge is 2.25. The molecule has 2 N–H and O–H groups in total. The van der Waals surface area contributed by atoms with E-state index >= 15 is 0 Å². The van der Waals surface area contributed by atoms with Crippen LogP contribution >= 0.6 is 0 Å². The van der Waals surface area contributed by atoms with Crippen LogP contribution in [0.1, 0.15) is 56.7 Å². The van der Waals surface area contributed by atoms with E-state index < -0.39 is 5.60 Å². The first kappa shape index (κ1) is 28.7. The number of rotatable bonds is 8. The number of fused-ring (bicyclic) bond motifs is 1. The fourth-order valence-electron chi connectivity index (χ4n) is 4.72. The quantitative estimate of drug-likeness (QED) is 0.325. The molecule has 1 atom stereocenters. The van der Waals surface area contributed by atoms with Gasteiger partial charge < -0.3 is 20.1 Å². The summed E-state index contributed by atoms with van der Waals surface area (Å²) in [5, 5.41) is 5.85. The summed E-state index contributed by atoms with van der Waals surface area (Å²) in [6.45, 7) is 8.15. The Hall–Kier alpha value is -4.33. The molecule has 1 aliphatic rings. The van der Waals surface area contributed by atoms with Crippen molar-refractivity contribution in [2.24, 2.45) is 0 Å². The summed E-state index contributed by atoms with van der Waals surface area (Å²) in [6.07, 6.45) is 1.25. The molecule has 0 aliphatic carbocycles. The predicted octanol–water partition coefficient (Wildman–Crippen LogP) is 6.31. The van der Waals surface area contributed by atoms with Crippen molar-refractivity contribution in [2.45, 2.75) is 58.5 Å². The van der Waals surface area contributed by atoms with E-state index in [0.29, 0.717) is 23.7 Å². The van der Waals surface area contributed by atoms with Gasteiger partial charge >= 0.3 is 12.0 Å². The molecule has 3 amide bonds. The first-order valence-corrected chi connectivity index (χ1v) is 13.5. The molecule has 0 radical (unpaired) electrons. The molecule has 0 saturated carbocycles. The monoisotopic (exact) mass is 543 g/mol. The van der Waals surface area contributed by atoms with Gasteiger partial charge in [0.1, 0.15) is 11.4 Å². The summed E-state index contributed by atoms with van der Waals surface area (Å²) in [5.74, 6) is 0.0579. The molecule has 0 aromatic heterocycles. The van der Waals surface area contributed by atoms with Crippen LogP contribution in [0.4, 0.5) is 21.9 Å². The molecule has 40 heavy (non-hydrogen) atoms. The van der Waals surface area contributed by atoms with Gasteiger partial charge in [0, 0.05) is 17.9 Å². The summed E-state index contributed by atoms with van der Waals surface area (Å²) in [7, 11) is 1.53. The minimum Gasteiger partial charge on any atom is -0.495 e. The normalized spacial score (nSPS) is 13.3. The van der Waals surface area contributed by atoms with E-state index in [1.54, 1.807) is 23.1 Å². The third-order valence-electron chi connectivity index (χ3n) is 6.66. The van der Waals surface area contributed by atoms with Gasteiger partial charge in [-0.05, 0) is 80.1 Å². The van der Waals surface area contributed by atoms with E-state index in [2.05, 4.69) is 10.6 Å². The fraction of sp³-hybridized carbons (Fsp3) is 0.344. The Morgan fingerprint density at radius 1 is 0.975 bits per heavy atom. The van der Waals surface area contributed by atoms with Gasteiger partial charge in [0.15, 0.2) is 0 Å². The number of ether oxygens (including phenoxy) is 2. The van der Waals surface area contributed by atoms with E-state index in [-0.39, 0.29) is 36.7 Å². The number of carbonyl (C=O) groups is 3. The van der Waals surface area contributed by atoms with Crippen LogP contribution in [-0.2, 0) is 27.2 Å². The number of hydrogen-bond donors (Lipinski definition) is 2. The molecule has 8 heteroatoms. The first-order chi connectivity index (χ1) is 19.0. The number of nitrogens with one attached hydrogen (secondary N) is 2. The number of urea groups is 1. The molecule has 210 valence electrons. The molecule has 3 aromatic rings. The lowest BCUT2D eigenvalue weighted by molar-refractivity contribution is -0.155. The van der Waals surface area contributed by atoms with E-state index in [0.717, 1.165) is 28.8 Å². The Morgan fingerprint density at radius 3 is 2.40 bits per heavy atom. The maximum atomic E-state index is 13.0. The summed E-state index contributed by atoms with van der Waals surface area (Å²) < 4.78 is 10.9. The van der Waals surface area contributed by atoms with Crippen LogP contribution < -0.4 is 20.3 Å². The molecule has 3 aromatic carbocycles. The lowest BCUT2D eigenvalue weighted by Gasteiger charge is -2.21. The highest BCUT2D eigenvalue weighted by molar-refractivity contribution is 6.04.